The topological polar surface area (TPSA) is 65.1 Å². The Hall–Kier alpha value is -1.34. The van der Waals surface area contributed by atoms with E-state index in [2.05, 4.69) is 10.2 Å². The van der Waals surface area contributed by atoms with Crippen molar-refractivity contribution in [3.8, 4) is 0 Å². The van der Waals surface area contributed by atoms with Crippen LogP contribution in [0.1, 0.15) is 44.9 Å². The van der Waals surface area contributed by atoms with Gasteiger partial charge < -0.3 is 19.9 Å². The zero-order chi connectivity index (χ0) is 18.1. The zero-order valence-corrected chi connectivity index (χ0v) is 15.9. The van der Waals surface area contributed by atoms with Gasteiger partial charge in [0.05, 0.1) is 11.6 Å². The molecule has 1 aliphatic carbocycles. The van der Waals surface area contributed by atoms with Crippen LogP contribution in [0.25, 0.3) is 0 Å². The lowest BCUT2D eigenvalue weighted by Crippen LogP contribution is -2.58. The van der Waals surface area contributed by atoms with E-state index in [9.17, 15) is 9.59 Å². The monoisotopic (exact) mass is 364 g/mol. The molecule has 1 spiro atoms. The van der Waals surface area contributed by atoms with Crippen LogP contribution in [-0.2, 0) is 9.53 Å². The molecule has 0 aromatic carbocycles. The minimum Gasteiger partial charge on any atom is -0.375 e. The van der Waals surface area contributed by atoms with E-state index >= 15 is 0 Å². The van der Waals surface area contributed by atoms with Crippen LogP contribution in [0, 0.1) is 0 Å². The Balaban J connectivity index is 1.24. The average Bonchev–Trinajstić information content (AvgIpc) is 3.06. The molecule has 0 radical (unpaired) electrons. The molecular formula is C19H32N4O3. The number of ether oxygens (including phenoxy) is 1. The summed E-state index contributed by atoms with van der Waals surface area (Å²) < 4.78 is 5.94. The number of urea groups is 1. The summed E-state index contributed by atoms with van der Waals surface area (Å²) in [5.74, 6) is 0.237. The van der Waals surface area contributed by atoms with E-state index in [0.717, 1.165) is 51.7 Å². The summed E-state index contributed by atoms with van der Waals surface area (Å²) in [5.41, 5.74) is 0.0502. The molecule has 3 amide bonds. The van der Waals surface area contributed by atoms with E-state index in [-0.39, 0.29) is 29.6 Å². The van der Waals surface area contributed by atoms with Crippen LogP contribution in [0.15, 0.2) is 0 Å². The molecule has 1 saturated carbocycles. The van der Waals surface area contributed by atoms with Gasteiger partial charge in [0.2, 0.25) is 5.91 Å². The highest BCUT2D eigenvalue weighted by atomic mass is 16.5. The first-order valence-electron chi connectivity index (χ1n) is 10.2. The molecule has 7 heteroatoms. The van der Waals surface area contributed by atoms with Crippen LogP contribution in [0.4, 0.5) is 4.79 Å². The van der Waals surface area contributed by atoms with E-state index in [1.54, 1.807) is 0 Å². The summed E-state index contributed by atoms with van der Waals surface area (Å²) in [6.45, 7) is 4.31. The fourth-order valence-electron chi connectivity index (χ4n) is 4.90. The predicted octanol–water partition coefficient (Wildman–Crippen LogP) is 1.04. The summed E-state index contributed by atoms with van der Waals surface area (Å²) in [6.07, 6.45) is 7.42. The number of hydrogen-bond acceptors (Lipinski definition) is 4. The van der Waals surface area contributed by atoms with Gasteiger partial charge in [0.25, 0.3) is 0 Å². The quantitative estimate of drug-likeness (QED) is 0.795. The van der Waals surface area contributed by atoms with Crippen molar-refractivity contribution >= 4 is 11.9 Å². The van der Waals surface area contributed by atoms with Gasteiger partial charge in [-0.15, -0.1) is 0 Å². The Labute approximate surface area is 156 Å². The maximum absolute atomic E-state index is 12.7. The SMILES string of the molecule is CN1CCCC1C(=O)N1CCN(C(=O)NC2CCOC3(CCC3)C2)CC1. The molecule has 3 heterocycles. The standard InChI is InChI=1S/C19H32N4O3/c1-21-8-2-4-16(21)17(24)22-9-11-23(12-10-22)18(25)20-15-5-13-26-19(14-15)6-3-7-19/h15-16H,2-14H2,1H3,(H,20,25). The lowest BCUT2D eigenvalue weighted by molar-refractivity contribution is -0.137. The fraction of sp³-hybridized carbons (Fsp3) is 0.895. The molecule has 2 atom stereocenters. The van der Waals surface area contributed by atoms with Crippen molar-refractivity contribution in [3.63, 3.8) is 0 Å². The van der Waals surface area contributed by atoms with E-state index in [1.165, 1.54) is 6.42 Å². The molecule has 0 aromatic rings. The summed E-state index contributed by atoms with van der Waals surface area (Å²) in [5, 5.41) is 3.21. The van der Waals surface area contributed by atoms with Gasteiger partial charge in [0.1, 0.15) is 0 Å². The average molecular weight is 364 g/mol. The van der Waals surface area contributed by atoms with Crippen LogP contribution >= 0.6 is 0 Å². The van der Waals surface area contributed by atoms with E-state index < -0.39 is 0 Å². The number of hydrogen-bond donors (Lipinski definition) is 1. The van der Waals surface area contributed by atoms with Crippen molar-refractivity contribution in [1.29, 1.82) is 0 Å². The number of likely N-dealkylation sites (tertiary alicyclic amines) is 1. The Morgan fingerprint density at radius 2 is 1.73 bits per heavy atom. The molecule has 1 N–H and O–H groups in total. The third kappa shape index (κ3) is 3.56. The first-order chi connectivity index (χ1) is 12.6. The molecule has 3 saturated heterocycles. The number of carbonyl (C=O) groups is 2. The maximum Gasteiger partial charge on any atom is 0.317 e. The van der Waals surface area contributed by atoms with Crippen molar-refractivity contribution < 1.29 is 14.3 Å². The molecule has 0 bridgehead atoms. The maximum atomic E-state index is 12.7. The smallest absolute Gasteiger partial charge is 0.317 e. The van der Waals surface area contributed by atoms with E-state index in [0.29, 0.717) is 26.2 Å². The number of rotatable bonds is 2. The highest BCUT2D eigenvalue weighted by Gasteiger charge is 2.43. The summed E-state index contributed by atoms with van der Waals surface area (Å²) >= 11 is 0. The summed E-state index contributed by atoms with van der Waals surface area (Å²) in [6, 6.07) is 0.288. The van der Waals surface area contributed by atoms with Crippen molar-refractivity contribution in [1.82, 2.24) is 20.0 Å². The molecule has 0 aromatic heterocycles. The minimum atomic E-state index is 0.0245. The van der Waals surface area contributed by atoms with Crippen LogP contribution in [0.3, 0.4) is 0 Å². The zero-order valence-electron chi connectivity index (χ0n) is 15.9. The van der Waals surface area contributed by atoms with E-state index in [4.69, 9.17) is 4.74 Å². The third-order valence-corrected chi connectivity index (χ3v) is 6.77. The molecule has 3 aliphatic heterocycles. The van der Waals surface area contributed by atoms with Crippen molar-refractivity contribution in [2.24, 2.45) is 0 Å². The second-order valence-electron chi connectivity index (χ2n) is 8.48. The number of piperazine rings is 1. The van der Waals surface area contributed by atoms with E-state index in [1.807, 2.05) is 16.8 Å². The Kier molecular flexibility index (Phi) is 5.10. The molecule has 4 rings (SSSR count). The van der Waals surface area contributed by atoms with Gasteiger partial charge >= 0.3 is 6.03 Å². The summed E-state index contributed by atoms with van der Waals surface area (Å²) in [4.78, 5) is 31.3. The first kappa shape index (κ1) is 18.0. The number of nitrogens with zero attached hydrogens (tertiary/aromatic N) is 3. The van der Waals surface area contributed by atoms with Gasteiger partial charge in [-0.05, 0) is 58.5 Å². The van der Waals surface area contributed by atoms with Crippen molar-refractivity contribution in [2.45, 2.75) is 62.6 Å². The lowest BCUT2D eigenvalue weighted by Gasteiger charge is -2.47. The molecule has 26 heavy (non-hydrogen) atoms. The normalized spacial score (nSPS) is 31.7. The summed E-state index contributed by atoms with van der Waals surface area (Å²) in [7, 11) is 2.03. The van der Waals surface area contributed by atoms with Crippen molar-refractivity contribution in [2.75, 3.05) is 46.4 Å². The highest BCUT2D eigenvalue weighted by molar-refractivity contribution is 5.82. The van der Waals surface area contributed by atoms with Crippen LogP contribution in [-0.4, -0.2) is 90.7 Å². The molecule has 7 nitrogen and oxygen atoms in total. The van der Waals surface area contributed by atoms with Crippen molar-refractivity contribution in [3.05, 3.63) is 0 Å². The molecule has 4 aliphatic rings. The van der Waals surface area contributed by atoms with Crippen LogP contribution in [0.5, 0.6) is 0 Å². The van der Waals surface area contributed by atoms with Gasteiger partial charge in [0.15, 0.2) is 0 Å². The predicted molar refractivity (Wildman–Crippen MR) is 97.9 cm³/mol. The number of likely N-dealkylation sites (N-methyl/N-ethyl adjacent to an activating group) is 1. The molecule has 4 fully saturated rings. The largest absolute Gasteiger partial charge is 0.375 e. The molecule has 2 unspecified atom stereocenters. The second-order valence-corrected chi connectivity index (χ2v) is 8.48. The number of carbonyl (C=O) groups excluding carboxylic acids is 2. The van der Waals surface area contributed by atoms with Gasteiger partial charge in [-0.25, -0.2) is 4.79 Å². The highest BCUT2D eigenvalue weighted by Crippen LogP contribution is 2.42. The molecule has 146 valence electrons. The first-order valence-corrected chi connectivity index (χ1v) is 10.2. The number of nitrogens with one attached hydrogen (secondary N) is 1. The van der Waals surface area contributed by atoms with Crippen LogP contribution in [0.2, 0.25) is 0 Å². The Morgan fingerprint density at radius 1 is 1.00 bits per heavy atom. The fourth-order valence-corrected chi connectivity index (χ4v) is 4.90. The number of amides is 3. The van der Waals surface area contributed by atoms with Gasteiger partial charge in [-0.3, -0.25) is 9.69 Å². The van der Waals surface area contributed by atoms with Gasteiger partial charge in [0, 0.05) is 38.8 Å². The minimum absolute atomic E-state index is 0.0245. The van der Waals surface area contributed by atoms with Crippen LogP contribution < -0.4 is 5.32 Å². The third-order valence-electron chi connectivity index (χ3n) is 6.77. The Morgan fingerprint density at radius 3 is 2.35 bits per heavy atom. The van der Waals surface area contributed by atoms with Gasteiger partial charge in [-0.2, -0.15) is 0 Å². The Bertz CT molecular complexity index is 543. The van der Waals surface area contributed by atoms with Gasteiger partial charge in [-0.1, -0.05) is 0 Å². The lowest BCUT2D eigenvalue weighted by atomic mass is 9.74. The second kappa shape index (κ2) is 7.35. The molecular weight excluding hydrogens is 332 g/mol.